The molecule has 0 unspecified atom stereocenters. The van der Waals surface area contributed by atoms with E-state index in [2.05, 4.69) is 20.3 Å². The molecular formula is C24H22N4O3. The summed E-state index contributed by atoms with van der Waals surface area (Å²) in [5, 5.41) is 4.78. The van der Waals surface area contributed by atoms with Gasteiger partial charge in [-0.15, -0.1) is 0 Å². The molecule has 2 heterocycles. The van der Waals surface area contributed by atoms with Crippen molar-refractivity contribution in [1.82, 2.24) is 20.3 Å². The number of aromatic amines is 1. The van der Waals surface area contributed by atoms with Gasteiger partial charge in [-0.3, -0.25) is 9.59 Å². The lowest BCUT2D eigenvalue weighted by Gasteiger charge is -2.09. The molecule has 0 aliphatic heterocycles. The number of aryl methyl sites for hydroxylation is 2. The second kappa shape index (κ2) is 8.39. The van der Waals surface area contributed by atoms with Crippen molar-refractivity contribution >= 4 is 16.7 Å². The fraction of sp³-hybridized carbons (Fsp3) is 0.167. The smallest absolute Gasteiger partial charge is 0.316 e. The molecule has 1 amide bonds. The van der Waals surface area contributed by atoms with Gasteiger partial charge in [-0.1, -0.05) is 18.2 Å². The number of carbonyl (C=O) groups is 1. The first-order chi connectivity index (χ1) is 14.9. The van der Waals surface area contributed by atoms with Crippen LogP contribution in [0.15, 0.2) is 59.7 Å². The fourth-order valence-electron chi connectivity index (χ4n) is 3.51. The number of nitrogens with zero attached hydrogens (tertiary/aromatic N) is 2. The van der Waals surface area contributed by atoms with Crippen LogP contribution in [0.4, 0.5) is 0 Å². The SMILES string of the molecule is COc1ncc(-c2ccc3cc(C(=O)NCc4c(C)cc(C)[nH]c4=O)ccc3c2)cn1. The van der Waals surface area contributed by atoms with Gasteiger partial charge in [-0.2, -0.15) is 0 Å². The Morgan fingerprint density at radius 3 is 2.42 bits per heavy atom. The van der Waals surface area contributed by atoms with Crippen molar-refractivity contribution in [3.8, 4) is 17.1 Å². The topological polar surface area (TPSA) is 97.0 Å². The molecule has 2 aromatic carbocycles. The van der Waals surface area contributed by atoms with Gasteiger partial charge in [-0.25, -0.2) is 9.97 Å². The summed E-state index contributed by atoms with van der Waals surface area (Å²) in [7, 11) is 1.53. The molecule has 0 radical (unpaired) electrons. The van der Waals surface area contributed by atoms with E-state index in [0.29, 0.717) is 17.1 Å². The zero-order valence-electron chi connectivity index (χ0n) is 17.5. The van der Waals surface area contributed by atoms with Crippen LogP contribution in [0.3, 0.4) is 0 Å². The van der Waals surface area contributed by atoms with E-state index in [1.54, 1.807) is 18.5 Å². The third-order valence-electron chi connectivity index (χ3n) is 5.17. The highest BCUT2D eigenvalue weighted by molar-refractivity contribution is 5.99. The number of pyridine rings is 1. The summed E-state index contributed by atoms with van der Waals surface area (Å²) in [5.41, 5.74) is 4.43. The molecule has 2 aromatic heterocycles. The van der Waals surface area contributed by atoms with E-state index >= 15 is 0 Å². The Balaban J connectivity index is 1.53. The minimum atomic E-state index is -0.228. The van der Waals surface area contributed by atoms with Crippen molar-refractivity contribution in [2.24, 2.45) is 0 Å². The first-order valence-electron chi connectivity index (χ1n) is 9.82. The summed E-state index contributed by atoms with van der Waals surface area (Å²) in [6.07, 6.45) is 3.42. The Hall–Kier alpha value is -4.00. The van der Waals surface area contributed by atoms with Gasteiger partial charge in [0.15, 0.2) is 0 Å². The van der Waals surface area contributed by atoms with E-state index in [9.17, 15) is 9.59 Å². The predicted molar refractivity (Wildman–Crippen MR) is 119 cm³/mol. The van der Waals surface area contributed by atoms with Gasteiger partial charge in [0.1, 0.15) is 0 Å². The molecule has 4 aromatic rings. The maximum Gasteiger partial charge on any atom is 0.316 e. The summed E-state index contributed by atoms with van der Waals surface area (Å²) < 4.78 is 5.00. The van der Waals surface area contributed by atoms with Gasteiger partial charge in [0, 0.05) is 41.3 Å². The van der Waals surface area contributed by atoms with Crippen LogP contribution in [0.2, 0.25) is 0 Å². The van der Waals surface area contributed by atoms with E-state index in [-0.39, 0.29) is 18.0 Å². The molecule has 0 fully saturated rings. The van der Waals surface area contributed by atoms with Crippen LogP contribution in [0.1, 0.15) is 27.2 Å². The molecule has 7 nitrogen and oxygen atoms in total. The number of fused-ring (bicyclic) bond motifs is 1. The monoisotopic (exact) mass is 414 g/mol. The number of ether oxygens (including phenoxy) is 1. The van der Waals surface area contributed by atoms with Gasteiger partial charge in [0.2, 0.25) is 0 Å². The highest BCUT2D eigenvalue weighted by atomic mass is 16.5. The number of methoxy groups -OCH3 is 1. The van der Waals surface area contributed by atoms with E-state index in [0.717, 1.165) is 33.2 Å². The number of carbonyl (C=O) groups excluding carboxylic acids is 1. The summed E-state index contributed by atoms with van der Waals surface area (Å²) in [6, 6.07) is 13.7. The molecule has 0 saturated heterocycles. The molecule has 2 N–H and O–H groups in total. The number of benzene rings is 2. The van der Waals surface area contributed by atoms with Crippen LogP contribution in [-0.2, 0) is 6.54 Å². The molecule has 0 atom stereocenters. The van der Waals surface area contributed by atoms with Crippen LogP contribution in [-0.4, -0.2) is 28.0 Å². The molecule has 0 spiro atoms. The number of H-pyrrole nitrogens is 1. The standard InChI is InChI=1S/C24H22N4O3/c1-14-8-15(2)28-23(30)21(14)13-25-22(29)19-7-6-16-9-18(5-4-17(16)10-19)20-11-26-24(31-3)27-12-20/h4-12H,13H2,1-3H3,(H,25,29)(H,28,30). The van der Waals surface area contributed by atoms with Crippen molar-refractivity contribution in [3.63, 3.8) is 0 Å². The van der Waals surface area contributed by atoms with Gasteiger partial charge in [-0.05, 0) is 60.0 Å². The average molecular weight is 414 g/mol. The summed E-state index contributed by atoms with van der Waals surface area (Å²) in [4.78, 5) is 35.9. The summed E-state index contributed by atoms with van der Waals surface area (Å²) in [6.45, 7) is 3.87. The summed E-state index contributed by atoms with van der Waals surface area (Å²) in [5.74, 6) is -0.228. The first-order valence-corrected chi connectivity index (χ1v) is 9.82. The second-order valence-corrected chi connectivity index (χ2v) is 7.36. The third-order valence-corrected chi connectivity index (χ3v) is 5.17. The largest absolute Gasteiger partial charge is 0.467 e. The average Bonchev–Trinajstić information content (AvgIpc) is 2.77. The van der Waals surface area contributed by atoms with Crippen molar-refractivity contribution in [2.45, 2.75) is 20.4 Å². The Labute approximate surface area is 179 Å². The molecule has 7 heteroatoms. The zero-order valence-corrected chi connectivity index (χ0v) is 17.5. The van der Waals surface area contributed by atoms with Crippen LogP contribution >= 0.6 is 0 Å². The Morgan fingerprint density at radius 1 is 1.00 bits per heavy atom. The molecule has 0 aliphatic rings. The quantitative estimate of drug-likeness (QED) is 0.521. The van der Waals surface area contributed by atoms with Crippen molar-refractivity contribution < 1.29 is 9.53 Å². The lowest BCUT2D eigenvalue weighted by atomic mass is 10.0. The fourth-order valence-corrected chi connectivity index (χ4v) is 3.51. The second-order valence-electron chi connectivity index (χ2n) is 7.36. The van der Waals surface area contributed by atoms with Crippen molar-refractivity contribution in [2.75, 3.05) is 7.11 Å². The number of aromatic nitrogens is 3. The molecule has 0 saturated carbocycles. The molecule has 4 rings (SSSR count). The summed E-state index contributed by atoms with van der Waals surface area (Å²) >= 11 is 0. The predicted octanol–water partition coefficient (Wildman–Crippen LogP) is 3.54. The van der Waals surface area contributed by atoms with Gasteiger partial charge >= 0.3 is 6.01 Å². The molecule has 156 valence electrons. The lowest BCUT2D eigenvalue weighted by molar-refractivity contribution is 0.0951. The Morgan fingerprint density at radius 2 is 1.71 bits per heavy atom. The van der Waals surface area contributed by atoms with Crippen LogP contribution < -0.4 is 15.6 Å². The Kier molecular flexibility index (Phi) is 5.49. The highest BCUT2D eigenvalue weighted by Gasteiger charge is 2.10. The maximum atomic E-state index is 12.6. The van der Waals surface area contributed by atoms with E-state index in [1.165, 1.54) is 7.11 Å². The molecular weight excluding hydrogens is 392 g/mol. The number of hydrogen-bond donors (Lipinski definition) is 2. The number of hydrogen-bond acceptors (Lipinski definition) is 5. The highest BCUT2D eigenvalue weighted by Crippen LogP contribution is 2.25. The van der Waals surface area contributed by atoms with Gasteiger partial charge in [0.05, 0.1) is 7.11 Å². The molecule has 31 heavy (non-hydrogen) atoms. The zero-order chi connectivity index (χ0) is 22.0. The number of amides is 1. The Bertz CT molecular complexity index is 1330. The van der Waals surface area contributed by atoms with Crippen LogP contribution in [0.5, 0.6) is 6.01 Å². The normalized spacial score (nSPS) is 10.8. The third kappa shape index (κ3) is 4.30. The molecule has 0 aliphatic carbocycles. The van der Waals surface area contributed by atoms with E-state index in [1.807, 2.05) is 50.2 Å². The lowest BCUT2D eigenvalue weighted by Crippen LogP contribution is -2.27. The van der Waals surface area contributed by atoms with Gasteiger partial charge in [0.25, 0.3) is 11.5 Å². The van der Waals surface area contributed by atoms with Crippen molar-refractivity contribution in [1.29, 1.82) is 0 Å². The van der Waals surface area contributed by atoms with E-state index < -0.39 is 0 Å². The minimum absolute atomic E-state index is 0.175. The van der Waals surface area contributed by atoms with Gasteiger partial charge < -0.3 is 15.0 Å². The maximum absolute atomic E-state index is 12.6. The van der Waals surface area contributed by atoms with Crippen LogP contribution in [0.25, 0.3) is 21.9 Å². The number of nitrogens with one attached hydrogen (secondary N) is 2. The van der Waals surface area contributed by atoms with Crippen molar-refractivity contribution in [3.05, 3.63) is 87.6 Å². The minimum Gasteiger partial charge on any atom is -0.467 e. The van der Waals surface area contributed by atoms with E-state index in [4.69, 9.17) is 4.74 Å². The van der Waals surface area contributed by atoms with Crippen LogP contribution in [0, 0.1) is 13.8 Å². The molecule has 0 bridgehead atoms. The number of rotatable bonds is 5. The first kappa shape index (κ1) is 20.3.